The second-order valence-corrected chi connectivity index (χ2v) is 7.87. The van der Waals surface area contributed by atoms with Gasteiger partial charge in [-0.05, 0) is 49.4 Å². The molecule has 138 valence electrons. The van der Waals surface area contributed by atoms with Crippen molar-refractivity contribution < 1.29 is 28.2 Å². The summed E-state index contributed by atoms with van der Waals surface area (Å²) in [6, 6.07) is 7.08. The number of carboxylic acid groups (broad SMARTS) is 2. The van der Waals surface area contributed by atoms with Crippen molar-refractivity contribution in [1.29, 1.82) is 0 Å². The molecule has 0 radical (unpaired) electrons. The normalized spacial score (nSPS) is 12.4. The molecular formula is C16H13Cl2NO6S. The maximum atomic E-state index is 13.1. The molecule has 0 bridgehead atoms. The molecule has 2 rings (SSSR count). The lowest BCUT2D eigenvalue weighted by Gasteiger charge is -2.28. The Morgan fingerprint density at radius 3 is 2.12 bits per heavy atom. The maximum absolute atomic E-state index is 13.1. The first-order valence-corrected chi connectivity index (χ1v) is 9.31. The number of anilines is 1. The fourth-order valence-electron chi connectivity index (χ4n) is 2.20. The standard InChI is InChI=1S/C16H13Cl2NO6S/c1-9(15(20)21)19(12-5-2-10(3-6-12)16(22)23)26(24,25)14-8-11(17)4-7-13(14)18/h2-9H,1H3,(H,20,21)(H,22,23). The van der Waals surface area contributed by atoms with Gasteiger partial charge in [0.1, 0.15) is 10.9 Å². The molecule has 0 heterocycles. The van der Waals surface area contributed by atoms with Crippen LogP contribution in [0.25, 0.3) is 0 Å². The van der Waals surface area contributed by atoms with Gasteiger partial charge in [-0.15, -0.1) is 0 Å². The van der Waals surface area contributed by atoms with Crippen LogP contribution in [0.1, 0.15) is 17.3 Å². The van der Waals surface area contributed by atoms with Crippen molar-refractivity contribution in [3.63, 3.8) is 0 Å². The van der Waals surface area contributed by atoms with Gasteiger partial charge < -0.3 is 10.2 Å². The van der Waals surface area contributed by atoms with E-state index < -0.39 is 28.0 Å². The van der Waals surface area contributed by atoms with Crippen molar-refractivity contribution in [2.75, 3.05) is 4.31 Å². The Labute approximate surface area is 159 Å². The number of benzene rings is 2. The zero-order valence-electron chi connectivity index (χ0n) is 13.3. The molecule has 2 N–H and O–H groups in total. The van der Waals surface area contributed by atoms with E-state index in [0.29, 0.717) is 4.31 Å². The maximum Gasteiger partial charge on any atom is 0.335 e. The van der Waals surface area contributed by atoms with Crippen LogP contribution < -0.4 is 4.31 Å². The average molecular weight is 418 g/mol. The lowest BCUT2D eigenvalue weighted by atomic mass is 10.2. The Morgan fingerprint density at radius 2 is 1.62 bits per heavy atom. The van der Waals surface area contributed by atoms with Crippen molar-refractivity contribution in [3.8, 4) is 0 Å². The Hall–Kier alpha value is -2.29. The van der Waals surface area contributed by atoms with Gasteiger partial charge in [0.25, 0.3) is 10.0 Å². The van der Waals surface area contributed by atoms with Crippen molar-refractivity contribution in [3.05, 3.63) is 58.1 Å². The Morgan fingerprint density at radius 1 is 1.04 bits per heavy atom. The highest BCUT2D eigenvalue weighted by atomic mass is 35.5. The van der Waals surface area contributed by atoms with Crippen LogP contribution >= 0.6 is 23.2 Å². The van der Waals surface area contributed by atoms with E-state index in [1.54, 1.807) is 0 Å². The van der Waals surface area contributed by atoms with Gasteiger partial charge >= 0.3 is 11.9 Å². The van der Waals surface area contributed by atoms with E-state index in [1.165, 1.54) is 43.3 Å². The number of aromatic carboxylic acids is 1. The van der Waals surface area contributed by atoms with E-state index in [4.69, 9.17) is 28.3 Å². The molecule has 0 aliphatic carbocycles. The number of aliphatic carboxylic acids is 1. The van der Waals surface area contributed by atoms with Crippen molar-refractivity contribution >= 4 is 50.9 Å². The number of hydrogen-bond acceptors (Lipinski definition) is 4. The van der Waals surface area contributed by atoms with Crippen LogP contribution in [0.15, 0.2) is 47.4 Å². The molecule has 0 aliphatic rings. The van der Waals surface area contributed by atoms with Gasteiger partial charge in [0, 0.05) is 5.02 Å². The first-order valence-electron chi connectivity index (χ1n) is 7.11. The van der Waals surface area contributed by atoms with Crippen LogP contribution in [-0.4, -0.2) is 36.6 Å². The predicted octanol–water partition coefficient (Wildman–Crippen LogP) is 3.36. The summed E-state index contributed by atoms with van der Waals surface area (Å²) >= 11 is 11.8. The number of carbonyl (C=O) groups is 2. The molecule has 0 spiro atoms. The third-order valence-electron chi connectivity index (χ3n) is 3.51. The number of sulfonamides is 1. The van der Waals surface area contributed by atoms with Crippen molar-refractivity contribution in [1.82, 2.24) is 0 Å². The number of hydrogen-bond donors (Lipinski definition) is 2. The summed E-state index contributed by atoms with van der Waals surface area (Å²) in [7, 11) is -4.40. The molecule has 2 aromatic rings. The van der Waals surface area contributed by atoms with Crippen LogP contribution in [0.2, 0.25) is 10.0 Å². The fourth-order valence-corrected chi connectivity index (χ4v) is 4.56. The molecule has 0 saturated carbocycles. The first-order chi connectivity index (χ1) is 12.1. The SMILES string of the molecule is CC(C(=O)O)N(c1ccc(C(=O)O)cc1)S(=O)(=O)c1cc(Cl)ccc1Cl. The lowest BCUT2D eigenvalue weighted by Crippen LogP contribution is -2.43. The molecule has 1 unspecified atom stereocenters. The molecule has 0 aromatic heterocycles. The minimum Gasteiger partial charge on any atom is -0.480 e. The summed E-state index contributed by atoms with van der Waals surface area (Å²) < 4.78 is 26.8. The van der Waals surface area contributed by atoms with E-state index >= 15 is 0 Å². The zero-order chi connectivity index (χ0) is 19.6. The third-order valence-corrected chi connectivity index (χ3v) is 6.12. The van der Waals surface area contributed by atoms with Crippen molar-refractivity contribution in [2.24, 2.45) is 0 Å². The largest absolute Gasteiger partial charge is 0.480 e. The minimum atomic E-state index is -4.40. The lowest BCUT2D eigenvalue weighted by molar-refractivity contribution is -0.137. The topological polar surface area (TPSA) is 112 Å². The summed E-state index contributed by atoms with van der Waals surface area (Å²) in [5, 5.41) is 18.3. The van der Waals surface area contributed by atoms with Crippen molar-refractivity contribution in [2.45, 2.75) is 17.9 Å². The number of rotatable bonds is 6. The summed E-state index contributed by atoms with van der Waals surface area (Å²) in [5.74, 6) is -2.59. The highest BCUT2D eigenvalue weighted by Crippen LogP contribution is 2.32. The molecule has 26 heavy (non-hydrogen) atoms. The fraction of sp³-hybridized carbons (Fsp3) is 0.125. The molecule has 7 nitrogen and oxygen atoms in total. The van der Waals surface area contributed by atoms with Gasteiger partial charge in [0.15, 0.2) is 0 Å². The van der Waals surface area contributed by atoms with E-state index in [0.717, 1.165) is 6.07 Å². The Kier molecular flexibility index (Phi) is 5.80. The summed E-state index contributed by atoms with van der Waals surface area (Å²) in [5.41, 5.74) is -0.101. The van der Waals surface area contributed by atoms with E-state index in [1.807, 2.05) is 0 Å². The second-order valence-electron chi connectivity index (χ2n) is 5.24. The van der Waals surface area contributed by atoms with Gasteiger partial charge in [0.05, 0.1) is 16.3 Å². The quantitative estimate of drug-likeness (QED) is 0.744. The molecular weight excluding hydrogens is 405 g/mol. The van der Waals surface area contributed by atoms with E-state index in [-0.39, 0.29) is 26.2 Å². The molecule has 2 aromatic carbocycles. The number of carboxylic acids is 2. The Bertz CT molecular complexity index is 959. The number of nitrogens with zero attached hydrogens (tertiary/aromatic N) is 1. The average Bonchev–Trinajstić information content (AvgIpc) is 2.57. The second kappa shape index (κ2) is 7.53. The smallest absolute Gasteiger partial charge is 0.335 e. The van der Waals surface area contributed by atoms with Crippen LogP contribution in [0.4, 0.5) is 5.69 Å². The van der Waals surface area contributed by atoms with Gasteiger partial charge in [-0.3, -0.25) is 4.31 Å². The Balaban J connectivity index is 2.66. The van der Waals surface area contributed by atoms with Gasteiger partial charge in [-0.1, -0.05) is 23.2 Å². The van der Waals surface area contributed by atoms with E-state index in [9.17, 15) is 23.1 Å². The highest BCUT2D eigenvalue weighted by molar-refractivity contribution is 7.93. The summed E-state index contributed by atoms with van der Waals surface area (Å²) in [6.45, 7) is 1.18. The van der Waals surface area contributed by atoms with Gasteiger partial charge in [0.2, 0.25) is 0 Å². The van der Waals surface area contributed by atoms with E-state index in [2.05, 4.69) is 0 Å². The molecule has 0 aliphatic heterocycles. The molecule has 1 atom stereocenters. The van der Waals surface area contributed by atoms with Gasteiger partial charge in [-0.2, -0.15) is 0 Å². The monoisotopic (exact) mass is 417 g/mol. The van der Waals surface area contributed by atoms with Crippen LogP contribution in [0.3, 0.4) is 0 Å². The molecule has 0 amide bonds. The highest BCUT2D eigenvalue weighted by Gasteiger charge is 2.34. The third kappa shape index (κ3) is 3.92. The minimum absolute atomic E-state index is 0.0269. The summed E-state index contributed by atoms with van der Waals surface area (Å²) in [6.07, 6.45) is 0. The molecule has 0 saturated heterocycles. The summed E-state index contributed by atoms with van der Waals surface area (Å²) in [4.78, 5) is 22.1. The zero-order valence-corrected chi connectivity index (χ0v) is 15.6. The molecule has 10 heteroatoms. The van der Waals surface area contributed by atoms with Crippen LogP contribution in [-0.2, 0) is 14.8 Å². The molecule has 0 fully saturated rings. The van der Waals surface area contributed by atoms with Crippen LogP contribution in [0, 0.1) is 0 Å². The first kappa shape index (κ1) is 20.0. The van der Waals surface area contributed by atoms with Gasteiger partial charge in [-0.25, -0.2) is 18.0 Å². The predicted molar refractivity (Wildman–Crippen MR) is 96.6 cm³/mol. The number of halogens is 2. The van der Waals surface area contributed by atoms with Crippen LogP contribution in [0.5, 0.6) is 0 Å².